The lowest BCUT2D eigenvalue weighted by atomic mass is 9.86. The Balaban J connectivity index is 0.894. The van der Waals surface area contributed by atoms with E-state index in [1.807, 2.05) is 0 Å². The molecule has 1 aliphatic carbocycles. The highest BCUT2D eigenvalue weighted by molar-refractivity contribution is 6.25. The van der Waals surface area contributed by atoms with Crippen molar-refractivity contribution in [2.24, 2.45) is 5.92 Å². The van der Waals surface area contributed by atoms with Gasteiger partial charge in [0, 0.05) is 32.9 Å². The number of hydrogen-bond acceptors (Lipinski definition) is 0. The van der Waals surface area contributed by atoms with E-state index in [0.717, 1.165) is 12.1 Å². The second kappa shape index (κ2) is 15.6. The molecule has 2 nitrogen and oxygen atoms in total. The average molecular weight is 845 g/mol. The highest BCUT2D eigenvalue weighted by atomic mass is 15.0. The molecular formula is C64H48N2. The molecule has 10 aromatic carbocycles. The minimum atomic E-state index is 0.616. The third kappa shape index (κ3) is 6.16. The van der Waals surface area contributed by atoms with E-state index < -0.39 is 0 Å². The summed E-state index contributed by atoms with van der Waals surface area (Å²) in [6.45, 7) is 2.29. The molecule has 2 aromatic heterocycles. The zero-order valence-corrected chi connectivity index (χ0v) is 37.1. The summed E-state index contributed by atoms with van der Waals surface area (Å²) >= 11 is 0. The molecule has 1 aliphatic rings. The fourth-order valence-corrected chi connectivity index (χ4v) is 11.3. The van der Waals surface area contributed by atoms with E-state index in [0.29, 0.717) is 5.92 Å². The van der Waals surface area contributed by atoms with Gasteiger partial charge >= 0.3 is 0 Å². The molecule has 66 heavy (non-hydrogen) atoms. The van der Waals surface area contributed by atoms with Gasteiger partial charge in [-0.15, -0.1) is 0 Å². The molecular weight excluding hydrogens is 797 g/mol. The van der Waals surface area contributed by atoms with Crippen molar-refractivity contribution < 1.29 is 0 Å². The minimum absolute atomic E-state index is 0.616. The van der Waals surface area contributed by atoms with Gasteiger partial charge in [-0.2, -0.15) is 0 Å². The topological polar surface area (TPSA) is 9.86 Å². The van der Waals surface area contributed by atoms with E-state index in [-0.39, 0.29) is 0 Å². The summed E-state index contributed by atoms with van der Waals surface area (Å²) in [5, 5.41) is 12.7. The van der Waals surface area contributed by atoms with Crippen LogP contribution >= 0.6 is 0 Å². The molecule has 0 saturated carbocycles. The van der Waals surface area contributed by atoms with Crippen LogP contribution in [0.2, 0.25) is 0 Å². The summed E-state index contributed by atoms with van der Waals surface area (Å²) in [5.74, 6) is 0.616. The van der Waals surface area contributed by atoms with Crippen LogP contribution in [0.1, 0.15) is 38.2 Å². The second-order valence-electron chi connectivity index (χ2n) is 18.2. The van der Waals surface area contributed by atoms with Crippen molar-refractivity contribution in [3.8, 4) is 33.6 Å². The number of benzene rings is 10. The first kappa shape index (κ1) is 38.5. The van der Waals surface area contributed by atoms with Crippen LogP contribution in [0.4, 0.5) is 0 Å². The van der Waals surface area contributed by atoms with E-state index in [1.165, 1.54) is 134 Å². The summed E-state index contributed by atoms with van der Waals surface area (Å²) < 4.78 is 4.88. The van der Waals surface area contributed by atoms with Gasteiger partial charge in [-0.25, -0.2) is 0 Å². The largest absolute Gasteiger partial charge is 0.309 e. The van der Waals surface area contributed by atoms with Gasteiger partial charge in [0.05, 0.1) is 22.1 Å². The van der Waals surface area contributed by atoms with Gasteiger partial charge in [0.15, 0.2) is 0 Å². The molecule has 0 bridgehead atoms. The molecule has 0 N–H and O–H groups in total. The van der Waals surface area contributed by atoms with Gasteiger partial charge in [-0.05, 0) is 145 Å². The van der Waals surface area contributed by atoms with Crippen LogP contribution in [-0.2, 0) is 0 Å². The van der Waals surface area contributed by atoms with Crippen LogP contribution in [0, 0.1) is 5.92 Å². The summed E-state index contributed by atoms with van der Waals surface area (Å²) in [4.78, 5) is 0. The molecule has 0 saturated heterocycles. The van der Waals surface area contributed by atoms with Crippen molar-refractivity contribution in [3.05, 3.63) is 224 Å². The van der Waals surface area contributed by atoms with Crippen LogP contribution in [0.25, 0.3) is 115 Å². The molecule has 314 valence electrons. The molecule has 13 rings (SSSR count). The summed E-state index contributed by atoms with van der Waals surface area (Å²) in [7, 11) is 0. The standard InChI is InChI=1S/C64H48N2/c1-2-3-15-42-16-14-17-46(38-42)50-19-5-4-18-49(50)43-28-32-47(33-29-43)65-61-26-12-10-24-56(61)59-39-44(30-36-63(59)65)45-31-37-64-60(40-45)57-25-11-13-27-62(57)66(64)48-34-35-55-53-22-7-6-20-51(53)52-21-8-9-23-54(52)58(55)41-48/h4-14,17-42H,2-3,15-16H2,1H3. The lowest BCUT2D eigenvalue weighted by Crippen LogP contribution is -2.01. The van der Waals surface area contributed by atoms with Gasteiger partial charge in [0.1, 0.15) is 0 Å². The Morgan fingerprint density at radius 3 is 1.47 bits per heavy atom. The normalized spacial score (nSPS) is 14.1. The maximum absolute atomic E-state index is 2.51. The Hall–Kier alpha value is -7.94. The molecule has 12 aromatic rings. The molecule has 0 aliphatic heterocycles. The molecule has 2 heterocycles. The highest BCUT2D eigenvalue weighted by Crippen LogP contribution is 2.41. The third-order valence-corrected chi connectivity index (χ3v) is 14.4. The van der Waals surface area contributed by atoms with E-state index in [1.54, 1.807) is 0 Å². The number of aromatic nitrogens is 2. The average Bonchev–Trinajstić information content (AvgIpc) is 3.90. The number of para-hydroxylation sites is 2. The van der Waals surface area contributed by atoms with Crippen molar-refractivity contribution in [3.63, 3.8) is 0 Å². The first-order valence-corrected chi connectivity index (χ1v) is 23.7. The zero-order valence-electron chi connectivity index (χ0n) is 37.1. The van der Waals surface area contributed by atoms with Gasteiger partial charge in [-0.3, -0.25) is 0 Å². The van der Waals surface area contributed by atoms with Gasteiger partial charge in [0.2, 0.25) is 0 Å². The van der Waals surface area contributed by atoms with E-state index in [9.17, 15) is 0 Å². The van der Waals surface area contributed by atoms with Crippen LogP contribution in [-0.4, -0.2) is 9.13 Å². The molecule has 1 unspecified atom stereocenters. The van der Waals surface area contributed by atoms with E-state index in [4.69, 9.17) is 0 Å². The number of nitrogens with zero attached hydrogens (tertiary/aromatic N) is 2. The third-order valence-electron chi connectivity index (χ3n) is 14.4. The van der Waals surface area contributed by atoms with Crippen molar-refractivity contribution >= 4 is 81.5 Å². The van der Waals surface area contributed by atoms with Gasteiger partial charge in [-0.1, -0.05) is 178 Å². The smallest absolute Gasteiger partial charge is 0.0541 e. The lowest BCUT2D eigenvalue weighted by Gasteiger charge is -2.19. The molecule has 0 spiro atoms. The molecule has 0 radical (unpaired) electrons. The van der Waals surface area contributed by atoms with Gasteiger partial charge in [0.25, 0.3) is 0 Å². The predicted molar refractivity (Wildman–Crippen MR) is 283 cm³/mol. The fraction of sp³-hybridized carbons (Fsp3) is 0.0938. The van der Waals surface area contributed by atoms with Crippen molar-refractivity contribution in [2.45, 2.75) is 32.6 Å². The Morgan fingerprint density at radius 1 is 0.394 bits per heavy atom. The zero-order chi connectivity index (χ0) is 43.7. The number of hydrogen-bond donors (Lipinski definition) is 0. The fourth-order valence-electron chi connectivity index (χ4n) is 11.3. The van der Waals surface area contributed by atoms with Crippen LogP contribution < -0.4 is 0 Å². The minimum Gasteiger partial charge on any atom is -0.309 e. The Bertz CT molecular complexity index is 3910. The summed E-state index contributed by atoms with van der Waals surface area (Å²) in [6, 6.07) is 74.6. The highest BCUT2D eigenvalue weighted by Gasteiger charge is 2.19. The van der Waals surface area contributed by atoms with Crippen LogP contribution in [0.5, 0.6) is 0 Å². The summed E-state index contributed by atoms with van der Waals surface area (Å²) in [5.41, 5.74) is 14.8. The van der Waals surface area contributed by atoms with Crippen molar-refractivity contribution in [2.75, 3.05) is 0 Å². The lowest BCUT2D eigenvalue weighted by molar-refractivity contribution is 0.559. The van der Waals surface area contributed by atoms with Crippen LogP contribution in [0.15, 0.2) is 218 Å². The maximum Gasteiger partial charge on any atom is 0.0541 e. The molecule has 0 amide bonds. The first-order chi connectivity index (χ1) is 32.7. The quantitative estimate of drug-likeness (QED) is 0.135. The monoisotopic (exact) mass is 844 g/mol. The van der Waals surface area contributed by atoms with Crippen molar-refractivity contribution in [1.29, 1.82) is 0 Å². The van der Waals surface area contributed by atoms with E-state index in [2.05, 4.69) is 234 Å². The van der Waals surface area contributed by atoms with E-state index >= 15 is 0 Å². The Labute approximate surface area is 385 Å². The molecule has 2 heteroatoms. The number of rotatable bonds is 8. The van der Waals surface area contributed by atoms with Gasteiger partial charge < -0.3 is 9.13 Å². The Morgan fingerprint density at radius 2 is 0.864 bits per heavy atom. The number of fused-ring (bicyclic) bond motifs is 12. The predicted octanol–water partition coefficient (Wildman–Crippen LogP) is 17.8. The molecule has 0 fully saturated rings. The summed E-state index contributed by atoms with van der Waals surface area (Å²) in [6.07, 6.45) is 12.1. The number of allylic oxidation sites excluding steroid dienone is 4. The maximum atomic E-state index is 2.51. The Kier molecular flexibility index (Phi) is 9.13. The van der Waals surface area contributed by atoms with Crippen molar-refractivity contribution in [1.82, 2.24) is 9.13 Å². The number of unbranched alkanes of at least 4 members (excludes halogenated alkanes) is 1. The molecule has 1 atom stereocenters. The van der Waals surface area contributed by atoms with Crippen LogP contribution in [0.3, 0.4) is 0 Å². The second-order valence-corrected chi connectivity index (χ2v) is 18.2. The first-order valence-electron chi connectivity index (χ1n) is 23.7. The SMILES string of the molecule is CCCCC1C=C(c2ccccc2-c2ccc(-n3c4ccccc4c4cc(-c5ccc6c(c5)c5ccccc5n6-c5ccc6c7ccccc7c7ccccc7c6c5)ccc43)cc2)C=CC1.